The number of ether oxygens (including phenoxy) is 1. The maximum atomic E-state index is 6.07. The Morgan fingerprint density at radius 3 is 2.86 bits per heavy atom. The van der Waals surface area contributed by atoms with E-state index in [1.165, 1.54) is 5.56 Å². The van der Waals surface area contributed by atoms with Crippen LogP contribution in [0, 0.1) is 0 Å². The zero-order chi connectivity index (χ0) is 15.1. The van der Waals surface area contributed by atoms with Crippen molar-refractivity contribution in [3.63, 3.8) is 0 Å². The van der Waals surface area contributed by atoms with Gasteiger partial charge in [-0.2, -0.15) is 0 Å². The van der Waals surface area contributed by atoms with Crippen molar-refractivity contribution in [2.45, 2.75) is 32.9 Å². The molecule has 0 bridgehead atoms. The van der Waals surface area contributed by atoms with Crippen LogP contribution in [0.5, 0.6) is 5.75 Å². The van der Waals surface area contributed by atoms with E-state index in [9.17, 15) is 0 Å². The minimum atomic E-state index is 0.423. The number of halogens is 1. The lowest BCUT2D eigenvalue weighted by molar-refractivity contribution is 0.317. The molecule has 0 saturated heterocycles. The van der Waals surface area contributed by atoms with Crippen molar-refractivity contribution in [3.05, 3.63) is 58.9 Å². The van der Waals surface area contributed by atoms with Gasteiger partial charge in [0.05, 0.1) is 6.61 Å². The smallest absolute Gasteiger partial charge is 0.123 e. The molecule has 21 heavy (non-hydrogen) atoms. The lowest BCUT2D eigenvalue weighted by atomic mass is 10.2. The maximum Gasteiger partial charge on any atom is 0.123 e. The molecule has 0 aliphatic heterocycles. The predicted molar refractivity (Wildman–Crippen MR) is 86.9 cm³/mol. The first-order valence-electron chi connectivity index (χ1n) is 7.18. The van der Waals surface area contributed by atoms with E-state index in [2.05, 4.69) is 30.2 Å². The van der Waals surface area contributed by atoms with Crippen molar-refractivity contribution in [2.24, 2.45) is 0 Å². The van der Waals surface area contributed by atoms with Gasteiger partial charge in [-0.15, -0.1) is 0 Å². The molecular weight excluding hydrogens is 284 g/mol. The fourth-order valence-corrected chi connectivity index (χ4v) is 2.16. The second-order valence-corrected chi connectivity index (χ2v) is 5.68. The van der Waals surface area contributed by atoms with Gasteiger partial charge in [0, 0.05) is 42.0 Å². The van der Waals surface area contributed by atoms with E-state index in [-0.39, 0.29) is 0 Å². The summed E-state index contributed by atoms with van der Waals surface area (Å²) >= 11 is 6.07. The first kappa shape index (κ1) is 15.8. The average Bonchev–Trinajstić information content (AvgIpc) is 2.48. The Morgan fingerprint density at radius 1 is 1.29 bits per heavy atom. The third kappa shape index (κ3) is 5.37. The van der Waals surface area contributed by atoms with Crippen molar-refractivity contribution in [3.8, 4) is 5.75 Å². The lowest BCUT2D eigenvalue weighted by Crippen LogP contribution is -2.22. The predicted octanol–water partition coefficient (Wildman–Crippen LogP) is 3.85. The third-order valence-corrected chi connectivity index (χ3v) is 3.33. The van der Waals surface area contributed by atoms with E-state index in [1.807, 2.05) is 30.5 Å². The number of rotatable bonds is 7. The maximum absolute atomic E-state index is 6.07. The number of pyridine rings is 1. The quantitative estimate of drug-likeness (QED) is 0.843. The summed E-state index contributed by atoms with van der Waals surface area (Å²) in [5, 5.41) is 4.12. The highest BCUT2D eigenvalue weighted by atomic mass is 35.5. The van der Waals surface area contributed by atoms with Gasteiger partial charge in [0.25, 0.3) is 0 Å². The summed E-state index contributed by atoms with van der Waals surface area (Å²) in [5.74, 6) is 0.886. The Bertz CT molecular complexity index is 558. The summed E-state index contributed by atoms with van der Waals surface area (Å²) in [6.45, 7) is 5.61. The average molecular weight is 305 g/mol. The van der Waals surface area contributed by atoms with Gasteiger partial charge in [0.1, 0.15) is 5.75 Å². The van der Waals surface area contributed by atoms with E-state index in [1.54, 1.807) is 6.20 Å². The molecule has 0 amide bonds. The number of hydrogen-bond donors (Lipinski definition) is 1. The number of benzene rings is 1. The van der Waals surface area contributed by atoms with Crippen molar-refractivity contribution in [1.82, 2.24) is 10.3 Å². The molecule has 112 valence electrons. The molecule has 1 aromatic carbocycles. The molecule has 0 aliphatic rings. The second kappa shape index (κ2) is 8.01. The van der Waals surface area contributed by atoms with Crippen LogP contribution in [0.3, 0.4) is 0 Å². The van der Waals surface area contributed by atoms with Crippen LogP contribution in [0.15, 0.2) is 42.7 Å². The molecule has 3 nitrogen and oxygen atoms in total. The molecule has 4 heteroatoms. The van der Waals surface area contributed by atoms with Crippen LogP contribution in [0.2, 0.25) is 5.02 Å². The number of aromatic nitrogens is 1. The lowest BCUT2D eigenvalue weighted by Gasteiger charge is -2.14. The minimum Gasteiger partial charge on any atom is -0.493 e. The van der Waals surface area contributed by atoms with Gasteiger partial charge in [-0.3, -0.25) is 4.98 Å². The van der Waals surface area contributed by atoms with Crippen molar-refractivity contribution >= 4 is 11.6 Å². The first-order chi connectivity index (χ1) is 10.1. The van der Waals surface area contributed by atoms with Crippen molar-refractivity contribution < 1.29 is 4.74 Å². The number of nitrogens with one attached hydrogen (secondary N) is 1. The molecule has 1 heterocycles. The Morgan fingerprint density at radius 2 is 2.14 bits per heavy atom. The van der Waals surface area contributed by atoms with Gasteiger partial charge in [-0.1, -0.05) is 31.5 Å². The van der Waals surface area contributed by atoms with Gasteiger partial charge in [-0.25, -0.2) is 0 Å². The highest BCUT2D eigenvalue weighted by molar-refractivity contribution is 6.30. The molecule has 0 unspecified atom stereocenters. The molecule has 0 fully saturated rings. The van der Waals surface area contributed by atoms with Gasteiger partial charge in [0.2, 0.25) is 0 Å². The molecular formula is C17H21ClN2O. The molecule has 2 rings (SSSR count). The number of nitrogens with zero attached hydrogens (tertiary/aromatic N) is 1. The van der Waals surface area contributed by atoms with E-state index >= 15 is 0 Å². The summed E-state index contributed by atoms with van der Waals surface area (Å²) in [6, 6.07) is 10.2. The van der Waals surface area contributed by atoms with Crippen LogP contribution >= 0.6 is 11.6 Å². The van der Waals surface area contributed by atoms with Crippen molar-refractivity contribution in [2.75, 3.05) is 6.61 Å². The second-order valence-electron chi connectivity index (χ2n) is 5.25. The zero-order valence-corrected chi connectivity index (χ0v) is 13.2. The Kier molecular flexibility index (Phi) is 6.03. The van der Waals surface area contributed by atoms with E-state index in [0.29, 0.717) is 12.6 Å². The third-order valence-electron chi connectivity index (χ3n) is 3.09. The first-order valence-corrected chi connectivity index (χ1v) is 7.56. The molecule has 0 saturated carbocycles. The molecule has 0 aliphatic carbocycles. The van der Waals surface area contributed by atoms with E-state index < -0.39 is 0 Å². The normalized spacial score (nSPS) is 10.9. The highest BCUT2D eigenvalue weighted by Gasteiger charge is 2.06. The Balaban J connectivity index is 1.95. The van der Waals surface area contributed by atoms with Crippen LogP contribution in [-0.2, 0) is 13.0 Å². The minimum absolute atomic E-state index is 0.423. The largest absolute Gasteiger partial charge is 0.493 e. The molecule has 1 N–H and O–H groups in total. The van der Waals surface area contributed by atoms with Gasteiger partial charge < -0.3 is 10.1 Å². The molecule has 0 spiro atoms. The SMILES string of the molecule is CC(C)NCc1cc(Cl)ccc1OCCc1cccnc1. The van der Waals surface area contributed by atoms with E-state index in [0.717, 1.165) is 29.3 Å². The molecule has 1 aromatic heterocycles. The molecule has 2 aromatic rings. The van der Waals surface area contributed by atoms with Crippen LogP contribution in [0.1, 0.15) is 25.0 Å². The van der Waals surface area contributed by atoms with Gasteiger partial charge in [0.15, 0.2) is 0 Å². The van der Waals surface area contributed by atoms with Crippen LogP contribution in [-0.4, -0.2) is 17.6 Å². The summed E-state index contributed by atoms with van der Waals surface area (Å²) in [7, 11) is 0. The highest BCUT2D eigenvalue weighted by Crippen LogP contribution is 2.23. The summed E-state index contributed by atoms with van der Waals surface area (Å²) < 4.78 is 5.90. The fourth-order valence-electron chi connectivity index (χ4n) is 1.97. The van der Waals surface area contributed by atoms with Crippen LogP contribution in [0.25, 0.3) is 0 Å². The standard InChI is InChI=1S/C17H21ClN2O/c1-13(2)20-12-15-10-16(18)5-6-17(15)21-9-7-14-4-3-8-19-11-14/h3-6,8,10-11,13,20H,7,9,12H2,1-2H3. The number of hydrogen-bond acceptors (Lipinski definition) is 3. The van der Waals surface area contributed by atoms with Crippen LogP contribution < -0.4 is 10.1 Å². The van der Waals surface area contributed by atoms with E-state index in [4.69, 9.17) is 16.3 Å². The summed E-state index contributed by atoms with van der Waals surface area (Å²) in [4.78, 5) is 4.11. The van der Waals surface area contributed by atoms with Crippen molar-refractivity contribution in [1.29, 1.82) is 0 Å². The zero-order valence-electron chi connectivity index (χ0n) is 12.5. The van der Waals surface area contributed by atoms with Crippen LogP contribution in [0.4, 0.5) is 0 Å². The Hall–Kier alpha value is -1.58. The molecule has 0 radical (unpaired) electrons. The van der Waals surface area contributed by atoms with Gasteiger partial charge in [-0.05, 0) is 29.8 Å². The summed E-state index contributed by atoms with van der Waals surface area (Å²) in [6.07, 6.45) is 4.49. The Labute approximate surface area is 131 Å². The monoisotopic (exact) mass is 304 g/mol. The topological polar surface area (TPSA) is 34.1 Å². The van der Waals surface area contributed by atoms with Gasteiger partial charge >= 0.3 is 0 Å². The fraction of sp³-hybridized carbons (Fsp3) is 0.353. The summed E-state index contributed by atoms with van der Waals surface area (Å²) in [5.41, 5.74) is 2.26. The molecule has 0 atom stereocenters.